The predicted molar refractivity (Wildman–Crippen MR) is 55.6 cm³/mol. The summed E-state index contributed by atoms with van der Waals surface area (Å²) in [6, 6.07) is 0. The van der Waals surface area contributed by atoms with Crippen LogP contribution in [-0.4, -0.2) is 44.7 Å². The summed E-state index contributed by atoms with van der Waals surface area (Å²) in [6.45, 7) is 5.20. The van der Waals surface area contributed by atoms with Gasteiger partial charge in [0.25, 0.3) is 0 Å². The van der Waals surface area contributed by atoms with E-state index in [9.17, 15) is 8.42 Å². The van der Waals surface area contributed by atoms with Crippen molar-refractivity contribution in [2.45, 2.75) is 19.8 Å². The molecule has 0 amide bonds. The molecule has 2 heterocycles. The summed E-state index contributed by atoms with van der Waals surface area (Å²) < 4.78 is 25.0. The molecule has 0 aromatic rings. The van der Waals surface area contributed by atoms with Crippen molar-refractivity contribution >= 4 is 10.0 Å². The zero-order chi connectivity index (χ0) is 10.2. The maximum absolute atomic E-state index is 11.6. The van der Waals surface area contributed by atoms with E-state index in [1.165, 1.54) is 0 Å². The first-order valence-corrected chi connectivity index (χ1v) is 6.87. The van der Waals surface area contributed by atoms with Crippen molar-refractivity contribution in [2.75, 3.05) is 31.9 Å². The zero-order valence-electron chi connectivity index (χ0n) is 8.62. The van der Waals surface area contributed by atoms with Crippen LogP contribution in [0.4, 0.5) is 0 Å². The molecule has 2 aliphatic heterocycles. The first-order chi connectivity index (χ1) is 6.58. The molecule has 1 atom stereocenters. The highest BCUT2D eigenvalue weighted by Crippen LogP contribution is 2.37. The molecular weight excluding hydrogens is 200 g/mol. The minimum Gasteiger partial charge on any atom is -0.316 e. The normalized spacial score (nSPS) is 34.4. The molecule has 4 nitrogen and oxygen atoms in total. The molecule has 0 aromatic carbocycles. The molecule has 0 bridgehead atoms. The molecule has 2 saturated heterocycles. The molecule has 1 spiro atoms. The Balaban J connectivity index is 2.08. The molecule has 2 rings (SSSR count). The number of sulfonamides is 1. The van der Waals surface area contributed by atoms with E-state index in [1.807, 2.05) is 0 Å². The molecule has 0 saturated carbocycles. The fourth-order valence-electron chi connectivity index (χ4n) is 2.46. The topological polar surface area (TPSA) is 49.4 Å². The van der Waals surface area contributed by atoms with Gasteiger partial charge in [-0.25, -0.2) is 12.7 Å². The first-order valence-electron chi connectivity index (χ1n) is 5.27. The van der Waals surface area contributed by atoms with Gasteiger partial charge in [0.15, 0.2) is 0 Å². The fourth-order valence-corrected chi connectivity index (χ4v) is 3.66. The van der Waals surface area contributed by atoms with Crippen molar-refractivity contribution in [1.82, 2.24) is 9.62 Å². The molecule has 5 heteroatoms. The average Bonchev–Trinajstić information content (AvgIpc) is 2.78. The standard InChI is InChI=1S/C9H18N2O2S/c1-2-14(12,13)11-6-4-9(8-11)3-5-10-7-9/h10H,2-8H2,1H3. The Hall–Kier alpha value is -0.130. The van der Waals surface area contributed by atoms with Crippen LogP contribution < -0.4 is 5.32 Å². The van der Waals surface area contributed by atoms with E-state index < -0.39 is 10.0 Å². The summed E-state index contributed by atoms with van der Waals surface area (Å²) in [7, 11) is -2.96. The second kappa shape index (κ2) is 3.47. The van der Waals surface area contributed by atoms with Crippen molar-refractivity contribution in [3.63, 3.8) is 0 Å². The summed E-state index contributed by atoms with van der Waals surface area (Å²) in [5, 5.41) is 3.32. The fraction of sp³-hybridized carbons (Fsp3) is 1.00. The first kappa shape index (κ1) is 10.4. The number of hydrogen-bond acceptors (Lipinski definition) is 3. The smallest absolute Gasteiger partial charge is 0.213 e. The highest BCUT2D eigenvalue weighted by Gasteiger charge is 2.43. The van der Waals surface area contributed by atoms with Crippen molar-refractivity contribution in [3.05, 3.63) is 0 Å². The Morgan fingerprint density at radius 2 is 2.21 bits per heavy atom. The van der Waals surface area contributed by atoms with Gasteiger partial charge in [0.1, 0.15) is 0 Å². The Morgan fingerprint density at radius 1 is 1.43 bits per heavy atom. The molecule has 82 valence electrons. The Labute approximate surface area is 85.7 Å². The van der Waals surface area contributed by atoms with E-state index >= 15 is 0 Å². The van der Waals surface area contributed by atoms with Crippen LogP contribution in [0.25, 0.3) is 0 Å². The van der Waals surface area contributed by atoms with Gasteiger partial charge in [-0.3, -0.25) is 0 Å². The van der Waals surface area contributed by atoms with Crippen LogP contribution in [0.15, 0.2) is 0 Å². The van der Waals surface area contributed by atoms with Crippen LogP contribution in [-0.2, 0) is 10.0 Å². The number of rotatable bonds is 2. The van der Waals surface area contributed by atoms with E-state index in [4.69, 9.17) is 0 Å². The Bertz CT molecular complexity index is 307. The lowest BCUT2D eigenvalue weighted by atomic mass is 9.87. The molecule has 1 N–H and O–H groups in total. The largest absolute Gasteiger partial charge is 0.316 e. The summed E-state index contributed by atoms with van der Waals surface area (Å²) in [6.07, 6.45) is 2.15. The van der Waals surface area contributed by atoms with E-state index in [-0.39, 0.29) is 11.2 Å². The second-order valence-corrected chi connectivity index (χ2v) is 6.67. The summed E-state index contributed by atoms with van der Waals surface area (Å²) in [5.41, 5.74) is 0.252. The minimum atomic E-state index is -2.96. The lowest BCUT2D eigenvalue weighted by Gasteiger charge is -2.22. The second-order valence-electron chi connectivity index (χ2n) is 4.41. The van der Waals surface area contributed by atoms with E-state index in [2.05, 4.69) is 5.32 Å². The van der Waals surface area contributed by atoms with Crippen molar-refractivity contribution in [1.29, 1.82) is 0 Å². The summed E-state index contributed by atoms with van der Waals surface area (Å²) in [5.74, 6) is 0.233. The highest BCUT2D eigenvalue weighted by molar-refractivity contribution is 7.89. The molecule has 1 unspecified atom stereocenters. The molecule has 14 heavy (non-hydrogen) atoms. The number of hydrogen-bond donors (Lipinski definition) is 1. The molecule has 0 aliphatic carbocycles. The van der Waals surface area contributed by atoms with Gasteiger partial charge in [0.2, 0.25) is 10.0 Å². The lowest BCUT2D eigenvalue weighted by molar-refractivity contribution is 0.338. The molecule has 0 radical (unpaired) electrons. The zero-order valence-corrected chi connectivity index (χ0v) is 9.44. The van der Waals surface area contributed by atoms with Crippen LogP contribution in [0.1, 0.15) is 19.8 Å². The quantitative estimate of drug-likeness (QED) is 0.711. The highest BCUT2D eigenvalue weighted by atomic mass is 32.2. The molecule has 0 aromatic heterocycles. The van der Waals surface area contributed by atoms with Gasteiger partial charge in [0.05, 0.1) is 5.75 Å². The number of nitrogens with zero attached hydrogens (tertiary/aromatic N) is 1. The van der Waals surface area contributed by atoms with Gasteiger partial charge < -0.3 is 5.32 Å². The van der Waals surface area contributed by atoms with E-state index in [0.29, 0.717) is 0 Å². The van der Waals surface area contributed by atoms with Crippen molar-refractivity contribution in [3.8, 4) is 0 Å². The Kier molecular flexibility index (Phi) is 2.57. The van der Waals surface area contributed by atoms with Gasteiger partial charge in [-0.05, 0) is 31.7 Å². The van der Waals surface area contributed by atoms with Crippen LogP contribution >= 0.6 is 0 Å². The third-order valence-corrected chi connectivity index (χ3v) is 5.32. The maximum atomic E-state index is 11.6. The van der Waals surface area contributed by atoms with Crippen LogP contribution in [0, 0.1) is 5.41 Å². The van der Waals surface area contributed by atoms with Gasteiger partial charge in [-0.1, -0.05) is 0 Å². The van der Waals surface area contributed by atoms with E-state index in [1.54, 1.807) is 11.2 Å². The predicted octanol–water partition coefficient (Wildman–Crippen LogP) is 0.0215. The van der Waals surface area contributed by atoms with Gasteiger partial charge in [-0.15, -0.1) is 0 Å². The summed E-state index contributed by atoms with van der Waals surface area (Å²) in [4.78, 5) is 0. The van der Waals surface area contributed by atoms with E-state index in [0.717, 1.165) is 39.0 Å². The van der Waals surface area contributed by atoms with Crippen LogP contribution in [0.2, 0.25) is 0 Å². The molecule has 2 fully saturated rings. The summed E-state index contributed by atoms with van der Waals surface area (Å²) >= 11 is 0. The Morgan fingerprint density at radius 3 is 2.79 bits per heavy atom. The third-order valence-electron chi connectivity index (χ3n) is 3.49. The van der Waals surface area contributed by atoms with Crippen LogP contribution in [0.3, 0.4) is 0 Å². The molecule has 2 aliphatic rings. The maximum Gasteiger partial charge on any atom is 0.213 e. The lowest BCUT2D eigenvalue weighted by Crippen LogP contribution is -2.34. The third kappa shape index (κ3) is 1.68. The van der Waals surface area contributed by atoms with Gasteiger partial charge >= 0.3 is 0 Å². The monoisotopic (exact) mass is 218 g/mol. The van der Waals surface area contributed by atoms with Gasteiger partial charge in [0, 0.05) is 19.6 Å². The van der Waals surface area contributed by atoms with Crippen molar-refractivity contribution in [2.24, 2.45) is 5.41 Å². The number of nitrogens with one attached hydrogen (secondary N) is 1. The van der Waals surface area contributed by atoms with Crippen molar-refractivity contribution < 1.29 is 8.42 Å². The van der Waals surface area contributed by atoms with Crippen LogP contribution in [0.5, 0.6) is 0 Å². The molecular formula is C9H18N2O2S. The SMILES string of the molecule is CCS(=O)(=O)N1CCC2(CCNC2)C1. The van der Waals surface area contributed by atoms with Gasteiger partial charge in [-0.2, -0.15) is 0 Å². The average molecular weight is 218 g/mol. The minimum absolute atomic E-state index is 0.233.